The van der Waals surface area contributed by atoms with Gasteiger partial charge in [0.2, 0.25) is 0 Å². The Bertz CT molecular complexity index is 878. The number of hydrogen-bond acceptors (Lipinski definition) is 1. The van der Waals surface area contributed by atoms with Gasteiger partial charge in [0.25, 0.3) is 0 Å². The van der Waals surface area contributed by atoms with E-state index in [9.17, 15) is 0 Å². The van der Waals surface area contributed by atoms with Crippen molar-refractivity contribution in [3.05, 3.63) is 110 Å². The molecule has 2 aromatic carbocycles. The Hall–Kier alpha value is -2.18. The molecule has 0 unspecified atom stereocenters. The molecule has 0 atom stereocenters. The van der Waals surface area contributed by atoms with Crippen LogP contribution >= 0.6 is 0 Å². The Kier molecular flexibility index (Phi) is 16.2. The maximum Gasteiger partial charge on any atom is 4.00 e. The fraction of sp³-hybridized carbons (Fsp3) is 0.414. The molecule has 0 aliphatic carbocycles. The fourth-order valence-electron chi connectivity index (χ4n) is 3.55. The third-order valence-electron chi connectivity index (χ3n) is 4.92. The Morgan fingerprint density at radius 2 is 1.03 bits per heavy atom. The van der Waals surface area contributed by atoms with E-state index in [2.05, 4.69) is 92.7 Å². The van der Waals surface area contributed by atoms with Crippen molar-refractivity contribution in [1.82, 2.24) is 4.98 Å². The average Bonchev–Trinajstić information content (AvgIpc) is 2.77. The van der Waals surface area contributed by atoms with Crippen LogP contribution in [0.15, 0.2) is 60.8 Å². The van der Waals surface area contributed by atoms with Crippen molar-refractivity contribution >= 4 is 11.4 Å². The number of hydrogen-bond donors (Lipinski definition) is 0. The van der Waals surface area contributed by atoms with Crippen LogP contribution in [0.25, 0.3) is 21.3 Å². The van der Waals surface area contributed by atoms with Crippen molar-refractivity contribution in [1.29, 1.82) is 0 Å². The van der Waals surface area contributed by atoms with E-state index in [1.807, 2.05) is 18.3 Å². The van der Waals surface area contributed by atoms with Crippen LogP contribution in [0.3, 0.4) is 0 Å². The minimum absolute atomic E-state index is 0. The molecule has 0 saturated heterocycles. The number of nitrogens with zero attached hydrogens (tertiary/aromatic N) is 5. The number of rotatable bonds is 7. The summed E-state index contributed by atoms with van der Waals surface area (Å²) in [7, 11) is 7.00. The van der Waals surface area contributed by atoms with Crippen LogP contribution in [-0.4, -0.2) is 46.3 Å². The molecule has 6 heteroatoms. The quantitative estimate of drug-likeness (QED) is 0.297. The van der Waals surface area contributed by atoms with Gasteiger partial charge >= 0.3 is 21.7 Å². The molecule has 0 amide bonds. The molecule has 1 aromatic heterocycles. The van der Waals surface area contributed by atoms with Gasteiger partial charge < -0.3 is 21.3 Å². The summed E-state index contributed by atoms with van der Waals surface area (Å²) in [6.45, 7) is 11.9. The maximum atomic E-state index is 4.92. The van der Waals surface area contributed by atoms with Crippen molar-refractivity contribution in [2.45, 2.75) is 40.0 Å². The Morgan fingerprint density at radius 1 is 0.657 bits per heavy atom. The molecule has 0 aliphatic heterocycles. The average molecular weight is 508 g/mol. The minimum atomic E-state index is -0.267. The summed E-state index contributed by atoms with van der Waals surface area (Å²) in [4.78, 5) is 4.63. The first kappa shape index (κ1) is 32.8. The normalized spacial score (nSPS) is 10.1. The van der Waals surface area contributed by atoms with Crippen LogP contribution in [0.2, 0.25) is 0 Å². The predicted molar refractivity (Wildman–Crippen MR) is 150 cm³/mol. The molecular formula is C29H41N5Ti. The van der Waals surface area contributed by atoms with Gasteiger partial charge in [-0.1, -0.05) is 71.6 Å². The SMILES string of the molecule is C[N-]C.C[N-]C.Cc1cc(C)cc([N-]CC(C)(C[N-]c2cc(C)cc(C)c2)c2ccccn2)c1.[Ti+4]. The maximum absolute atomic E-state index is 4.92. The van der Waals surface area contributed by atoms with Crippen molar-refractivity contribution in [3.8, 4) is 0 Å². The molecule has 3 rings (SSSR count). The van der Waals surface area contributed by atoms with Gasteiger partial charge in [0, 0.05) is 11.9 Å². The van der Waals surface area contributed by atoms with E-state index >= 15 is 0 Å². The second-order valence-corrected chi connectivity index (χ2v) is 8.99. The summed E-state index contributed by atoms with van der Waals surface area (Å²) in [5, 5.41) is 16.8. The van der Waals surface area contributed by atoms with Crippen LogP contribution in [0.5, 0.6) is 0 Å². The number of aromatic nitrogens is 1. The summed E-state index contributed by atoms with van der Waals surface area (Å²) in [6, 6.07) is 18.9. The fourth-order valence-corrected chi connectivity index (χ4v) is 3.55. The predicted octanol–water partition coefficient (Wildman–Crippen LogP) is 8.22. The van der Waals surface area contributed by atoms with Gasteiger partial charge in [-0.3, -0.25) is 4.98 Å². The van der Waals surface area contributed by atoms with Crippen LogP contribution < -0.4 is 0 Å². The molecule has 5 nitrogen and oxygen atoms in total. The first-order valence-corrected chi connectivity index (χ1v) is 11.6. The van der Waals surface area contributed by atoms with E-state index in [1.165, 1.54) is 22.3 Å². The summed E-state index contributed by atoms with van der Waals surface area (Å²) in [5.41, 5.74) is 7.73. The summed E-state index contributed by atoms with van der Waals surface area (Å²) < 4.78 is 0. The Balaban J connectivity index is 0.00000150. The topological polar surface area (TPSA) is 69.3 Å². The minimum Gasteiger partial charge on any atom is -0.684 e. The number of aryl methyl sites for hydroxylation is 4. The Labute approximate surface area is 228 Å². The second kappa shape index (κ2) is 17.3. The monoisotopic (exact) mass is 507 g/mol. The van der Waals surface area contributed by atoms with Gasteiger partial charge in [-0.15, -0.1) is 24.5 Å². The zero-order valence-corrected chi connectivity index (χ0v) is 24.5. The zero-order chi connectivity index (χ0) is 25.6. The summed E-state index contributed by atoms with van der Waals surface area (Å²) in [6.07, 6.45) is 1.85. The van der Waals surface area contributed by atoms with E-state index in [1.54, 1.807) is 28.2 Å². The van der Waals surface area contributed by atoms with Gasteiger partial charge in [-0.25, -0.2) is 0 Å². The van der Waals surface area contributed by atoms with Crippen molar-refractivity contribution in [3.63, 3.8) is 0 Å². The number of benzene rings is 2. The van der Waals surface area contributed by atoms with Crippen molar-refractivity contribution in [2.75, 3.05) is 41.3 Å². The standard InChI is InChI=1S/C25H29N3.2C2H6N.Ti/c1-18-10-19(2)13-22(12-18)27-16-25(5,24-8-6-7-9-26-24)17-28-23-14-20(3)11-21(4)15-23;2*1-3-2;/h6-15H,16-17H2,1-5H3;2*1-2H3;/q-2;2*-1;+4. The van der Waals surface area contributed by atoms with Gasteiger partial charge in [0.15, 0.2) is 0 Å². The first-order chi connectivity index (χ1) is 16.2. The molecule has 0 aliphatic rings. The van der Waals surface area contributed by atoms with Crippen LogP contribution in [0.4, 0.5) is 11.4 Å². The van der Waals surface area contributed by atoms with E-state index in [0.29, 0.717) is 13.1 Å². The molecule has 0 bridgehead atoms. The molecule has 0 fully saturated rings. The van der Waals surface area contributed by atoms with Gasteiger partial charge in [-0.2, -0.15) is 28.2 Å². The van der Waals surface area contributed by atoms with Crippen LogP contribution in [0.1, 0.15) is 34.9 Å². The Morgan fingerprint density at radius 3 is 1.34 bits per heavy atom. The van der Waals surface area contributed by atoms with Gasteiger partial charge in [0.1, 0.15) is 0 Å². The molecule has 0 radical (unpaired) electrons. The second-order valence-electron chi connectivity index (χ2n) is 8.99. The molecule has 0 saturated carbocycles. The largest absolute Gasteiger partial charge is 4.00 e. The van der Waals surface area contributed by atoms with E-state index in [-0.39, 0.29) is 27.1 Å². The smallest absolute Gasteiger partial charge is 0.684 e. The first-order valence-electron chi connectivity index (χ1n) is 11.6. The van der Waals surface area contributed by atoms with Crippen molar-refractivity contribution < 1.29 is 21.7 Å². The molecular weight excluding hydrogens is 466 g/mol. The molecule has 0 spiro atoms. The molecule has 0 N–H and O–H groups in total. The zero-order valence-electron chi connectivity index (χ0n) is 22.9. The molecule has 35 heavy (non-hydrogen) atoms. The van der Waals surface area contributed by atoms with Gasteiger partial charge in [-0.05, 0) is 45.2 Å². The third kappa shape index (κ3) is 12.4. The summed E-state index contributed by atoms with van der Waals surface area (Å²) >= 11 is 0. The van der Waals surface area contributed by atoms with Crippen molar-refractivity contribution in [2.24, 2.45) is 0 Å². The molecule has 3 aromatic rings. The van der Waals surface area contributed by atoms with Crippen LogP contribution in [-0.2, 0) is 27.1 Å². The summed E-state index contributed by atoms with van der Waals surface area (Å²) in [5.74, 6) is 0. The van der Waals surface area contributed by atoms with Crippen LogP contribution in [0, 0.1) is 27.7 Å². The van der Waals surface area contributed by atoms with E-state index < -0.39 is 0 Å². The molecule has 186 valence electrons. The molecule has 1 heterocycles. The third-order valence-corrected chi connectivity index (χ3v) is 4.92. The van der Waals surface area contributed by atoms with E-state index in [0.717, 1.165) is 17.1 Å². The number of pyridine rings is 1. The van der Waals surface area contributed by atoms with E-state index in [4.69, 9.17) is 10.6 Å². The van der Waals surface area contributed by atoms with Gasteiger partial charge in [0.05, 0.1) is 0 Å².